The third-order valence-corrected chi connectivity index (χ3v) is 2.31. The van der Waals surface area contributed by atoms with E-state index in [4.69, 9.17) is 23.2 Å². The van der Waals surface area contributed by atoms with E-state index < -0.39 is 31.0 Å². The number of rotatable bonds is 4. The van der Waals surface area contributed by atoms with Gasteiger partial charge in [0.25, 0.3) is 0 Å². The Morgan fingerprint density at radius 3 is 2.58 bits per heavy atom. The van der Waals surface area contributed by atoms with E-state index in [9.17, 15) is 23.1 Å². The summed E-state index contributed by atoms with van der Waals surface area (Å²) in [5.74, 6) is -1.31. The number of hydrogen-bond acceptors (Lipinski definition) is 3. The highest BCUT2D eigenvalue weighted by Gasteiger charge is 2.27. The molecule has 0 saturated carbocycles. The number of alkyl halides is 3. The molecule has 0 heterocycles. The van der Waals surface area contributed by atoms with Crippen molar-refractivity contribution in [1.29, 1.82) is 0 Å². The molecule has 0 unspecified atom stereocenters. The van der Waals surface area contributed by atoms with Gasteiger partial charge >= 0.3 is 6.18 Å². The van der Waals surface area contributed by atoms with Crippen LogP contribution in [0.4, 0.5) is 18.9 Å². The number of aromatic hydroxyl groups is 1. The van der Waals surface area contributed by atoms with E-state index in [-0.39, 0.29) is 15.7 Å². The summed E-state index contributed by atoms with van der Waals surface area (Å²) in [7, 11) is 0. The molecule has 106 valence electrons. The van der Waals surface area contributed by atoms with Gasteiger partial charge in [0.2, 0.25) is 5.91 Å². The topological polar surface area (TPSA) is 58.6 Å². The van der Waals surface area contributed by atoms with Gasteiger partial charge in [-0.2, -0.15) is 13.2 Å². The Kier molecular flexibility index (Phi) is 5.28. The molecule has 0 fully saturated rings. The second kappa shape index (κ2) is 6.31. The first-order valence-corrected chi connectivity index (χ1v) is 5.57. The van der Waals surface area contributed by atoms with Crippen LogP contribution in [-0.4, -0.2) is 30.4 Å². The lowest BCUT2D eigenvalue weighted by Gasteiger charge is -2.10. The molecule has 0 aromatic heterocycles. The summed E-state index contributed by atoms with van der Waals surface area (Å²) >= 11 is 11.2. The fourth-order valence-electron chi connectivity index (χ4n) is 1.11. The summed E-state index contributed by atoms with van der Waals surface area (Å²) in [4.78, 5) is 11.3. The molecule has 4 nitrogen and oxygen atoms in total. The lowest BCUT2D eigenvalue weighted by molar-refractivity contribution is -0.174. The molecule has 0 radical (unpaired) electrons. The normalized spacial score (nSPS) is 11.4. The van der Waals surface area contributed by atoms with Crippen molar-refractivity contribution in [3.63, 3.8) is 0 Å². The molecule has 0 atom stereocenters. The van der Waals surface area contributed by atoms with Crippen LogP contribution in [0.3, 0.4) is 0 Å². The van der Waals surface area contributed by atoms with Crippen LogP contribution in [0.2, 0.25) is 10.0 Å². The maximum absolute atomic E-state index is 11.8. The van der Waals surface area contributed by atoms with Gasteiger partial charge < -0.3 is 15.2 Å². The lowest BCUT2D eigenvalue weighted by atomic mass is 10.3. The zero-order chi connectivity index (χ0) is 14.6. The van der Waals surface area contributed by atoms with Gasteiger partial charge in [-0.15, -0.1) is 0 Å². The number of phenolic OH excluding ortho intramolecular Hbond substituents is 1. The predicted octanol–water partition coefficient (Wildman–Crippen LogP) is 3.22. The summed E-state index contributed by atoms with van der Waals surface area (Å²) in [5.41, 5.74) is -0.113. The third kappa shape index (κ3) is 5.54. The average molecular weight is 318 g/mol. The smallest absolute Gasteiger partial charge is 0.411 e. The van der Waals surface area contributed by atoms with E-state index in [0.29, 0.717) is 0 Å². The Morgan fingerprint density at radius 1 is 1.37 bits per heavy atom. The Balaban J connectivity index is 2.58. The number of amides is 1. The third-order valence-electron chi connectivity index (χ3n) is 1.80. The number of halogens is 5. The van der Waals surface area contributed by atoms with Crippen LogP contribution >= 0.6 is 23.2 Å². The van der Waals surface area contributed by atoms with Crippen molar-refractivity contribution >= 4 is 34.8 Å². The standard InChI is InChI=1S/C10H8Cl2F3NO3/c11-5-1-6(12)9(18)7(2-5)16-8(17)3-19-4-10(13,14)15/h1-2,18H,3-4H2,(H,16,17). The van der Waals surface area contributed by atoms with Crippen molar-refractivity contribution in [2.45, 2.75) is 6.18 Å². The van der Waals surface area contributed by atoms with Crippen LogP contribution in [0.5, 0.6) is 5.75 Å². The molecule has 19 heavy (non-hydrogen) atoms. The number of nitrogens with one attached hydrogen (secondary N) is 1. The maximum atomic E-state index is 11.8. The number of hydrogen-bond donors (Lipinski definition) is 2. The predicted molar refractivity (Wildman–Crippen MR) is 63.6 cm³/mol. The highest BCUT2D eigenvalue weighted by atomic mass is 35.5. The first-order chi connectivity index (χ1) is 8.69. The number of carbonyl (C=O) groups is 1. The number of ether oxygens (including phenoxy) is 1. The van der Waals surface area contributed by atoms with E-state index in [1.165, 1.54) is 12.1 Å². The molecular formula is C10H8Cl2F3NO3. The lowest BCUT2D eigenvalue weighted by Crippen LogP contribution is -2.24. The Morgan fingerprint density at radius 2 is 2.00 bits per heavy atom. The van der Waals surface area contributed by atoms with Crippen LogP contribution in [0.1, 0.15) is 0 Å². The Labute approximate surface area is 116 Å². The van der Waals surface area contributed by atoms with Crippen LogP contribution in [0.25, 0.3) is 0 Å². The van der Waals surface area contributed by atoms with Crippen LogP contribution in [-0.2, 0) is 9.53 Å². The molecule has 0 aliphatic carbocycles. The fourth-order valence-corrected chi connectivity index (χ4v) is 1.60. The van der Waals surface area contributed by atoms with Gasteiger partial charge in [0.15, 0.2) is 5.75 Å². The molecule has 0 aliphatic rings. The summed E-state index contributed by atoms with van der Waals surface area (Å²) in [6.07, 6.45) is -4.51. The molecular weight excluding hydrogens is 310 g/mol. The monoisotopic (exact) mass is 317 g/mol. The van der Waals surface area contributed by atoms with Gasteiger partial charge in [0, 0.05) is 5.02 Å². The van der Waals surface area contributed by atoms with Gasteiger partial charge in [-0.3, -0.25) is 4.79 Å². The Bertz CT molecular complexity index is 480. The minimum Gasteiger partial charge on any atom is -0.504 e. The van der Waals surface area contributed by atoms with Crippen LogP contribution in [0, 0.1) is 0 Å². The van der Waals surface area contributed by atoms with Gasteiger partial charge in [-0.05, 0) is 12.1 Å². The minimum absolute atomic E-state index is 0.0981. The van der Waals surface area contributed by atoms with E-state index in [0.717, 1.165) is 0 Å². The number of benzene rings is 1. The number of anilines is 1. The first kappa shape index (κ1) is 15.9. The van der Waals surface area contributed by atoms with Gasteiger partial charge in [0.05, 0.1) is 10.7 Å². The van der Waals surface area contributed by atoms with Crippen molar-refractivity contribution in [2.24, 2.45) is 0 Å². The molecule has 0 aliphatic heterocycles. The van der Waals surface area contributed by atoms with Crippen molar-refractivity contribution in [3.8, 4) is 5.75 Å². The van der Waals surface area contributed by atoms with Gasteiger partial charge in [-0.25, -0.2) is 0 Å². The minimum atomic E-state index is -4.51. The van der Waals surface area contributed by atoms with Gasteiger partial charge in [0.1, 0.15) is 13.2 Å². The first-order valence-electron chi connectivity index (χ1n) is 4.81. The van der Waals surface area contributed by atoms with Crippen LogP contribution < -0.4 is 5.32 Å². The zero-order valence-corrected chi connectivity index (χ0v) is 10.7. The van der Waals surface area contributed by atoms with Crippen molar-refractivity contribution in [1.82, 2.24) is 0 Å². The quantitative estimate of drug-likeness (QED) is 0.838. The number of carbonyl (C=O) groups excluding carboxylic acids is 1. The highest BCUT2D eigenvalue weighted by Crippen LogP contribution is 2.34. The van der Waals surface area contributed by atoms with Gasteiger partial charge in [-0.1, -0.05) is 23.2 Å². The van der Waals surface area contributed by atoms with Crippen molar-refractivity contribution in [3.05, 3.63) is 22.2 Å². The summed E-state index contributed by atoms with van der Waals surface area (Å²) in [6.45, 7) is -2.36. The van der Waals surface area contributed by atoms with Crippen LogP contribution in [0.15, 0.2) is 12.1 Å². The largest absolute Gasteiger partial charge is 0.504 e. The highest BCUT2D eigenvalue weighted by molar-refractivity contribution is 6.36. The van der Waals surface area contributed by atoms with E-state index in [1.54, 1.807) is 0 Å². The fraction of sp³-hybridized carbons (Fsp3) is 0.300. The van der Waals surface area contributed by atoms with E-state index >= 15 is 0 Å². The van der Waals surface area contributed by atoms with Crippen molar-refractivity contribution < 1.29 is 27.8 Å². The molecule has 1 rings (SSSR count). The summed E-state index contributed by atoms with van der Waals surface area (Å²) in [5, 5.41) is 11.7. The van der Waals surface area contributed by atoms with E-state index in [2.05, 4.69) is 10.1 Å². The molecule has 0 spiro atoms. The Hall–Kier alpha value is -1.18. The SMILES string of the molecule is O=C(COCC(F)(F)F)Nc1cc(Cl)cc(Cl)c1O. The number of phenols is 1. The molecule has 2 N–H and O–H groups in total. The summed E-state index contributed by atoms with van der Waals surface area (Å²) in [6, 6.07) is 2.44. The molecule has 0 saturated heterocycles. The van der Waals surface area contributed by atoms with Crippen molar-refractivity contribution in [2.75, 3.05) is 18.5 Å². The molecule has 1 aromatic carbocycles. The maximum Gasteiger partial charge on any atom is 0.411 e. The average Bonchev–Trinajstić information content (AvgIpc) is 2.23. The molecule has 1 aromatic rings. The van der Waals surface area contributed by atoms with E-state index in [1.807, 2.05) is 0 Å². The second-order valence-electron chi connectivity index (χ2n) is 3.44. The summed E-state index contributed by atoms with van der Waals surface area (Å²) < 4.78 is 39.5. The molecule has 0 bridgehead atoms. The zero-order valence-electron chi connectivity index (χ0n) is 9.22. The second-order valence-corrected chi connectivity index (χ2v) is 4.28. The molecule has 9 heteroatoms. The molecule has 1 amide bonds.